The third kappa shape index (κ3) is 8.66. The van der Waals surface area contributed by atoms with Crippen molar-refractivity contribution >= 4 is 111 Å². The molecule has 0 aliphatic heterocycles. The van der Waals surface area contributed by atoms with E-state index in [1.807, 2.05) is 54.6 Å². The van der Waals surface area contributed by atoms with Gasteiger partial charge in [-0.1, -0.05) is 142 Å². The highest BCUT2D eigenvalue weighted by Crippen LogP contribution is 2.35. The number of benzene rings is 8. The first kappa shape index (κ1) is 40.2. The average molecular weight is 984 g/mol. The average Bonchev–Trinajstić information content (AvgIpc) is 3.75. The third-order valence-electron chi connectivity index (χ3n) is 9.68. The maximum atomic E-state index is 9.43. The lowest BCUT2D eigenvalue weighted by atomic mass is 9.80. The third-order valence-corrected chi connectivity index (χ3v) is 11.5. The van der Waals surface area contributed by atoms with Crippen LogP contribution < -0.4 is 5.46 Å². The zero-order chi connectivity index (χ0) is 38.6. The second-order valence-corrected chi connectivity index (χ2v) is 16.3. The molecule has 57 heavy (non-hydrogen) atoms. The lowest BCUT2D eigenvalue weighted by Crippen LogP contribution is -2.29. The molecule has 0 aliphatic carbocycles. The van der Waals surface area contributed by atoms with Crippen LogP contribution in [0.5, 0.6) is 0 Å². The summed E-state index contributed by atoms with van der Waals surface area (Å²) in [5.41, 5.74) is 9.88. The van der Waals surface area contributed by atoms with Gasteiger partial charge in [0.2, 0.25) is 0 Å². The highest BCUT2D eigenvalue weighted by Gasteiger charge is 2.17. The van der Waals surface area contributed by atoms with Crippen LogP contribution in [0.2, 0.25) is 0 Å². The molecule has 0 saturated heterocycles. The molecule has 4 nitrogen and oxygen atoms in total. The molecule has 10 rings (SSSR count). The van der Waals surface area contributed by atoms with Gasteiger partial charge in [-0.05, 0) is 130 Å². The molecule has 0 radical (unpaired) electrons. The lowest BCUT2D eigenvalue weighted by molar-refractivity contribution is 0.426. The van der Waals surface area contributed by atoms with E-state index in [2.05, 4.69) is 197 Å². The Kier molecular flexibility index (Phi) is 12.8. The van der Waals surface area contributed by atoms with Crippen LogP contribution in [0.3, 0.4) is 0 Å². The van der Waals surface area contributed by atoms with E-state index in [0.717, 1.165) is 36.4 Å². The summed E-state index contributed by atoms with van der Waals surface area (Å²) in [5, 5.41) is 23.5. The van der Waals surface area contributed by atoms with Crippen LogP contribution >= 0.6 is 54.5 Å². The Morgan fingerprint density at radius 3 is 1.30 bits per heavy atom. The Morgan fingerprint density at radius 2 is 0.807 bits per heavy atom. The summed E-state index contributed by atoms with van der Waals surface area (Å²) in [6.45, 7) is 0. The fourth-order valence-electron chi connectivity index (χ4n) is 7.09. The van der Waals surface area contributed by atoms with Gasteiger partial charge in [-0.3, -0.25) is 0 Å². The van der Waals surface area contributed by atoms with Crippen LogP contribution in [-0.4, -0.2) is 26.3 Å². The fraction of sp³-hybridized carbons (Fsp3) is 0.0204. The minimum Gasteiger partial charge on any atom is -0.423 e. The van der Waals surface area contributed by atoms with Gasteiger partial charge in [0.15, 0.2) is 0 Å². The summed E-state index contributed by atoms with van der Waals surface area (Å²) in [4.78, 5) is 0. The molecule has 0 spiro atoms. The quantitative estimate of drug-likeness (QED) is 0.136. The standard InChI is InChI=1S/C24H16BrN.C18H14BNO2.C6H4BrI.CH4/c25-19-13-10-17(11-14-19)18-12-15-24-22(16-18)21-8-4-5-9-23(21)26(24)20-6-2-1-3-7-20;21-19(22)13-10-11-18-16(12-13)15-8-4-5-9-17(15)20(18)14-6-2-1-3-7-14;7-5-1-3-6(8)4-2-5;/h1-16H;1-12,21-22H;1-4H;1H4. The number of para-hydroxylation sites is 4. The van der Waals surface area contributed by atoms with Crippen molar-refractivity contribution in [3.05, 3.63) is 207 Å². The maximum absolute atomic E-state index is 9.43. The molecule has 0 aliphatic rings. The van der Waals surface area contributed by atoms with Crippen LogP contribution in [0.4, 0.5) is 0 Å². The van der Waals surface area contributed by atoms with E-state index in [1.54, 1.807) is 6.07 Å². The highest BCUT2D eigenvalue weighted by molar-refractivity contribution is 14.1. The molecule has 0 atom stereocenters. The molecule has 280 valence electrons. The normalized spacial score (nSPS) is 10.8. The predicted molar refractivity (Wildman–Crippen MR) is 258 cm³/mol. The molecule has 2 heterocycles. The first-order valence-electron chi connectivity index (χ1n) is 18.1. The molecule has 8 heteroatoms. The second kappa shape index (κ2) is 18.1. The highest BCUT2D eigenvalue weighted by atomic mass is 127. The fourth-order valence-corrected chi connectivity index (χ4v) is 7.97. The topological polar surface area (TPSA) is 50.3 Å². The number of nitrogens with zero attached hydrogens (tertiary/aromatic N) is 2. The molecule has 2 N–H and O–H groups in total. The summed E-state index contributed by atoms with van der Waals surface area (Å²) in [5.74, 6) is 0. The Labute approximate surface area is 363 Å². The van der Waals surface area contributed by atoms with Crippen LogP contribution in [-0.2, 0) is 0 Å². The summed E-state index contributed by atoms with van der Waals surface area (Å²) in [6.07, 6.45) is 0. The van der Waals surface area contributed by atoms with Crippen molar-refractivity contribution in [1.82, 2.24) is 9.13 Å². The van der Waals surface area contributed by atoms with E-state index in [9.17, 15) is 10.0 Å². The molecular weight excluding hydrogens is 946 g/mol. The summed E-state index contributed by atoms with van der Waals surface area (Å²) < 4.78 is 8.04. The van der Waals surface area contributed by atoms with Gasteiger partial charge in [-0.2, -0.15) is 0 Å². The van der Waals surface area contributed by atoms with Crippen LogP contribution in [0, 0.1) is 3.57 Å². The van der Waals surface area contributed by atoms with Crippen molar-refractivity contribution in [2.75, 3.05) is 0 Å². The maximum Gasteiger partial charge on any atom is 0.488 e. The Balaban J connectivity index is 0.000000145. The molecule has 0 bridgehead atoms. The molecule has 0 fully saturated rings. The van der Waals surface area contributed by atoms with E-state index in [1.165, 1.54) is 42.2 Å². The summed E-state index contributed by atoms with van der Waals surface area (Å²) >= 11 is 9.13. The van der Waals surface area contributed by atoms with Crippen molar-refractivity contribution in [3.63, 3.8) is 0 Å². The largest absolute Gasteiger partial charge is 0.488 e. The van der Waals surface area contributed by atoms with Crippen LogP contribution in [0.25, 0.3) is 66.1 Å². The molecule has 0 saturated carbocycles. The van der Waals surface area contributed by atoms with E-state index >= 15 is 0 Å². The van der Waals surface area contributed by atoms with Gasteiger partial charge < -0.3 is 19.2 Å². The van der Waals surface area contributed by atoms with Gasteiger partial charge in [0.25, 0.3) is 0 Å². The predicted octanol–water partition coefficient (Wildman–Crippen LogP) is 13.4. The van der Waals surface area contributed by atoms with Crippen molar-refractivity contribution < 1.29 is 10.0 Å². The van der Waals surface area contributed by atoms with Crippen molar-refractivity contribution in [1.29, 1.82) is 0 Å². The summed E-state index contributed by atoms with van der Waals surface area (Å²) in [7, 11) is -1.46. The number of fused-ring (bicyclic) bond motifs is 6. The number of rotatable bonds is 4. The van der Waals surface area contributed by atoms with E-state index in [-0.39, 0.29) is 7.43 Å². The van der Waals surface area contributed by atoms with Crippen molar-refractivity contribution in [3.8, 4) is 22.5 Å². The zero-order valence-corrected chi connectivity index (χ0v) is 35.3. The van der Waals surface area contributed by atoms with E-state index in [0.29, 0.717) is 5.46 Å². The first-order valence-corrected chi connectivity index (χ1v) is 20.7. The van der Waals surface area contributed by atoms with E-state index in [4.69, 9.17) is 0 Å². The first-order chi connectivity index (χ1) is 27.4. The number of hydrogen-bond acceptors (Lipinski definition) is 2. The number of aromatic nitrogens is 2. The van der Waals surface area contributed by atoms with Gasteiger partial charge in [0.05, 0.1) is 22.1 Å². The molecular formula is C49H38BBr2IN2O2. The van der Waals surface area contributed by atoms with Gasteiger partial charge in [-0.15, -0.1) is 0 Å². The minimum absolute atomic E-state index is 0. The monoisotopic (exact) mass is 982 g/mol. The smallest absolute Gasteiger partial charge is 0.423 e. The zero-order valence-electron chi connectivity index (χ0n) is 30.0. The molecule has 8 aromatic carbocycles. The van der Waals surface area contributed by atoms with Crippen molar-refractivity contribution in [2.24, 2.45) is 0 Å². The number of halogens is 3. The van der Waals surface area contributed by atoms with Crippen LogP contribution in [0.1, 0.15) is 7.43 Å². The minimum atomic E-state index is -1.46. The van der Waals surface area contributed by atoms with Crippen LogP contribution in [0.15, 0.2) is 203 Å². The van der Waals surface area contributed by atoms with Gasteiger partial charge in [0, 0.05) is 45.4 Å². The van der Waals surface area contributed by atoms with E-state index < -0.39 is 7.12 Å². The van der Waals surface area contributed by atoms with Gasteiger partial charge >= 0.3 is 7.12 Å². The second-order valence-electron chi connectivity index (χ2n) is 13.2. The SMILES string of the molecule is Brc1ccc(-c2ccc3c(c2)c2ccccc2n3-c2ccccc2)cc1.Brc1ccc(I)cc1.C.OB(O)c1ccc2c(c1)c1ccccc1n2-c1ccccc1. The molecule has 0 unspecified atom stereocenters. The van der Waals surface area contributed by atoms with Crippen molar-refractivity contribution in [2.45, 2.75) is 7.43 Å². The van der Waals surface area contributed by atoms with Gasteiger partial charge in [0.1, 0.15) is 0 Å². The number of hydrogen-bond donors (Lipinski definition) is 2. The molecule has 0 amide bonds. The molecule has 10 aromatic rings. The molecule has 2 aromatic heterocycles. The van der Waals surface area contributed by atoms with Gasteiger partial charge in [-0.25, -0.2) is 0 Å². The summed E-state index contributed by atoms with van der Waals surface area (Å²) in [6, 6.07) is 66.5. The Bertz CT molecular complexity index is 2890. The Hall–Kier alpha value is -4.97. The lowest BCUT2D eigenvalue weighted by Gasteiger charge is -2.08. The Morgan fingerprint density at radius 1 is 0.404 bits per heavy atom.